The SMILES string of the molecule is CCC(=O)N1CC[C@@H](NCc2cc(C(F)(F)F)ccc2F)[C@@H](C)C1. The zero-order valence-electron chi connectivity index (χ0n) is 13.8. The van der Waals surface area contributed by atoms with E-state index in [1.807, 2.05) is 13.8 Å². The molecule has 1 saturated heterocycles. The lowest BCUT2D eigenvalue weighted by Gasteiger charge is -2.37. The number of carbonyl (C=O) groups excluding carboxylic acids is 1. The quantitative estimate of drug-likeness (QED) is 0.845. The summed E-state index contributed by atoms with van der Waals surface area (Å²) in [6.07, 6.45) is -3.32. The molecule has 0 aliphatic carbocycles. The summed E-state index contributed by atoms with van der Waals surface area (Å²) in [6, 6.07) is 2.49. The first-order valence-electron chi connectivity index (χ1n) is 8.09. The van der Waals surface area contributed by atoms with Crippen LogP contribution in [-0.4, -0.2) is 29.9 Å². The predicted molar refractivity (Wildman–Crippen MR) is 82.7 cm³/mol. The molecular weight excluding hydrogens is 324 g/mol. The molecule has 1 amide bonds. The molecule has 24 heavy (non-hydrogen) atoms. The molecule has 0 aromatic heterocycles. The Bertz CT molecular complexity index is 588. The van der Waals surface area contributed by atoms with Crippen molar-refractivity contribution in [2.24, 2.45) is 5.92 Å². The van der Waals surface area contributed by atoms with Crippen molar-refractivity contribution < 1.29 is 22.4 Å². The highest BCUT2D eigenvalue weighted by molar-refractivity contribution is 5.75. The molecule has 7 heteroatoms. The van der Waals surface area contributed by atoms with Gasteiger partial charge in [-0.2, -0.15) is 13.2 Å². The van der Waals surface area contributed by atoms with Gasteiger partial charge < -0.3 is 10.2 Å². The molecule has 0 spiro atoms. The second-order valence-electron chi connectivity index (χ2n) is 6.25. The number of halogens is 4. The number of alkyl halides is 3. The first-order valence-corrected chi connectivity index (χ1v) is 8.09. The number of rotatable bonds is 4. The Morgan fingerprint density at radius 3 is 2.67 bits per heavy atom. The molecule has 0 radical (unpaired) electrons. The summed E-state index contributed by atoms with van der Waals surface area (Å²) in [5, 5.41) is 3.14. The van der Waals surface area contributed by atoms with Crippen molar-refractivity contribution in [1.29, 1.82) is 0 Å². The average molecular weight is 346 g/mol. The fourth-order valence-electron chi connectivity index (χ4n) is 3.03. The first-order chi connectivity index (χ1) is 11.2. The van der Waals surface area contributed by atoms with Gasteiger partial charge in [0, 0.05) is 37.7 Å². The highest BCUT2D eigenvalue weighted by Gasteiger charge is 2.31. The lowest BCUT2D eigenvalue weighted by molar-refractivity contribution is -0.137. The van der Waals surface area contributed by atoms with Gasteiger partial charge in [-0.15, -0.1) is 0 Å². The van der Waals surface area contributed by atoms with Crippen LogP contribution in [-0.2, 0) is 17.5 Å². The van der Waals surface area contributed by atoms with Crippen LogP contribution in [0.25, 0.3) is 0 Å². The van der Waals surface area contributed by atoms with Crippen LogP contribution in [0.4, 0.5) is 17.6 Å². The van der Waals surface area contributed by atoms with E-state index >= 15 is 0 Å². The van der Waals surface area contributed by atoms with Crippen molar-refractivity contribution in [3.05, 3.63) is 35.1 Å². The first kappa shape index (κ1) is 18.7. The summed E-state index contributed by atoms with van der Waals surface area (Å²) < 4.78 is 51.9. The van der Waals surface area contributed by atoms with E-state index in [2.05, 4.69) is 5.32 Å². The van der Waals surface area contributed by atoms with Crippen LogP contribution in [0, 0.1) is 11.7 Å². The van der Waals surface area contributed by atoms with Crippen LogP contribution in [0.2, 0.25) is 0 Å². The summed E-state index contributed by atoms with van der Waals surface area (Å²) in [7, 11) is 0. The fourth-order valence-corrected chi connectivity index (χ4v) is 3.03. The van der Waals surface area contributed by atoms with Crippen molar-refractivity contribution in [3.8, 4) is 0 Å². The standard InChI is InChI=1S/C17H22F4N2O/c1-3-16(24)23-7-6-15(11(2)10-23)22-9-12-8-13(17(19,20)21)4-5-14(12)18/h4-5,8,11,15,22H,3,6-7,9-10H2,1-2H3/t11-,15+/m0/s1. The summed E-state index contributed by atoms with van der Waals surface area (Å²) in [5.74, 6) is -0.394. The third kappa shape index (κ3) is 4.47. The van der Waals surface area contributed by atoms with Crippen molar-refractivity contribution >= 4 is 5.91 Å². The second-order valence-corrected chi connectivity index (χ2v) is 6.25. The smallest absolute Gasteiger partial charge is 0.342 e. The minimum atomic E-state index is -4.48. The number of piperidine rings is 1. The Labute approximate surface area is 139 Å². The van der Waals surface area contributed by atoms with E-state index in [0.717, 1.165) is 18.2 Å². The van der Waals surface area contributed by atoms with Crippen molar-refractivity contribution in [2.45, 2.75) is 45.5 Å². The summed E-state index contributed by atoms with van der Waals surface area (Å²) >= 11 is 0. The Kier molecular flexibility index (Phi) is 5.85. The van der Waals surface area contributed by atoms with E-state index in [4.69, 9.17) is 0 Å². The molecule has 1 aliphatic rings. The van der Waals surface area contributed by atoms with E-state index in [-0.39, 0.29) is 30.0 Å². The van der Waals surface area contributed by atoms with Crippen LogP contribution < -0.4 is 5.32 Å². The number of nitrogens with zero attached hydrogens (tertiary/aromatic N) is 1. The number of nitrogens with one attached hydrogen (secondary N) is 1. The molecule has 1 heterocycles. The van der Waals surface area contributed by atoms with Crippen LogP contribution in [0.1, 0.15) is 37.8 Å². The molecule has 1 N–H and O–H groups in total. The van der Waals surface area contributed by atoms with Crippen molar-refractivity contribution in [3.63, 3.8) is 0 Å². The molecule has 2 atom stereocenters. The van der Waals surface area contributed by atoms with E-state index in [1.54, 1.807) is 4.90 Å². The Morgan fingerprint density at radius 1 is 1.38 bits per heavy atom. The Hall–Kier alpha value is -1.63. The molecular formula is C17H22F4N2O. The maximum Gasteiger partial charge on any atom is 0.416 e. The molecule has 0 saturated carbocycles. The number of carbonyl (C=O) groups is 1. The van der Waals surface area contributed by atoms with Gasteiger partial charge in [0.25, 0.3) is 0 Å². The maximum atomic E-state index is 13.8. The predicted octanol–water partition coefficient (Wildman–Crippen LogP) is 3.58. The van der Waals surface area contributed by atoms with E-state index < -0.39 is 17.6 Å². The number of hydrogen-bond donors (Lipinski definition) is 1. The highest BCUT2D eigenvalue weighted by atomic mass is 19.4. The molecule has 3 nitrogen and oxygen atoms in total. The van der Waals surface area contributed by atoms with Gasteiger partial charge in [0.2, 0.25) is 5.91 Å². The lowest BCUT2D eigenvalue weighted by atomic mass is 9.93. The fraction of sp³-hybridized carbons (Fsp3) is 0.588. The summed E-state index contributed by atoms with van der Waals surface area (Å²) in [4.78, 5) is 13.5. The average Bonchev–Trinajstić information content (AvgIpc) is 2.53. The molecule has 0 bridgehead atoms. The molecule has 1 aromatic carbocycles. The molecule has 1 fully saturated rings. The van der Waals surface area contributed by atoms with E-state index in [1.165, 1.54) is 0 Å². The number of hydrogen-bond acceptors (Lipinski definition) is 2. The molecule has 0 unspecified atom stereocenters. The normalized spacial score (nSPS) is 21.8. The zero-order valence-corrected chi connectivity index (χ0v) is 13.8. The van der Waals surface area contributed by atoms with E-state index in [0.29, 0.717) is 25.9 Å². The van der Waals surface area contributed by atoms with Gasteiger partial charge in [-0.3, -0.25) is 4.79 Å². The maximum absolute atomic E-state index is 13.8. The Balaban J connectivity index is 1.98. The van der Waals surface area contributed by atoms with Gasteiger partial charge in [-0.1, -0.05) is 13.8 Å². The monoisotopic (exact) mass is 346 g/mol. The van der Waals surface area contributed by atoms with Gasteiger partial charge in [0.15, 0.2) is 0 Å². The Morgan fingerprint density at radius 2 is 2.08 bits per heavy atom. The lowest BCUT2D eigenvalue weighted by Crippen LogP contribution is -2.49. The summed E-state index contributed by atoms with van der Waals surface area (Å²) in [6.45, 7) is 5.05. The van der Waals surface area contributed by atoms with Crippen molar-refractivity contribution in [1.82, 2.24) is 10.2 Å². The van der Waals surface area contributed by atoms with Gasteiger partial charge in [-0.05, 0) is 30.5 Å². The van der Waals surface area contributed by atoms with Gasteiger partial charge in [0.05, 0.1) is 5.56 Å². The van der Waals surface area contributed by atoms with Crippen molar-refractivity contribution in [2.75, 3.05) is 13.1 Å². The van der Waals surface area contributed by atoms with Gasteiger partial charge in [-0.25, -0.2) is 4.39 Å². The van der Waals surface area contributed by atoms with Crippen LogP contribution in [0.15, 0.2) is 18.2 Å². The van der Waals surface area contributed by atoms with Crippen LogP contribution >= 0.6 is 0 Å². The molecule has 1 aromatic rings. The van der Waals surface area contributed by atoms with E-state index in [9.17, 15) is 22.4 Å². The summed E-state index contributed by atoms with van der Waals surface area (Å²) in [5.41, 5.74) is -0.846. The largest absolute Gasteiger partial charge is 0.416 e. The highest BCUT2D eigenvalue weighted by Crippen LogP contribution is 2.30. The second kappa shape index (κ2) is 7.51. The number of amides is 1. The minimum Gasteiger partial charge on any atom is -0.342 e. The van der Waals surface area contributed by atoms with Crippen LogP contribution in [0.5, 0.6) is 0 Å². The van der Waals surface area contributed by atoms with Crippen LogP contribution in [0.3, 0.4) is 0 Å². The minimum absolute atomic E-state index is 0.00379. The third-order valence-corrected chi connectivity index (χ3v) is 4.49. The number of likely N-dealkylation sites (tertiary alicyclic amines) is 1. The molecule has 1 aliphatic heterocycles. The topological polar surface area (TPSA) is 32.3 Å². The van der Waals surface area contributed by atoms with Gasteiger partial charge in [0.1, 0.15) is 5.82 Å². The molecule has 134 valence electrons. The third-order valence-electron chi connectivity index (χ3n) is 4.49. The molecule has 2 rings (SSSR count). The number of benzene rings is 1. The van der Waals surface area contributed by atoms with Gasteiger partial charge >= 0.3 is 6.18 Å². The zero-order chi connectivity index (χ0) is 17.9.